The highest BCUT2D eigenvalue weighted by molar-refractivity contribution is 9.10. The number of sulfonamides is 1. The Bertz CT molecular complexity index is 1130. The van der Waals surface area contributed by atoms with Gasteiger partial charge in [0.1, 0.15) is 4.90 Å². The summed E-state index contributed by atoms with van der Waals surface area (Å²) in [6.07, 6.45) is 0.617. The molecule has 0 atom stereocenters. The molecule has 4 rings (SSSR count). The minimum atomic E-state index is -3.96. The molecule has 0 radical (unpaired) electrons. The van der Waals surface area contributed by atoms with Gasteiger partial charge in [-0.3, -0.25) is 4.31 Å². The number of phenols is 1. The number of halogens is 2. The van der Waals surface area contributed by atoms with Crippen LogP contribution in [0.4, 0.5) is 5.69 Å². The lowest BCUT2D eigenvalue weighted by Crippen LogP contribution is -2.29. The molecule has 0 amide bonds. The summed E-state index contributed by atoms with van der Waals surface area (Å²) in [4.78, 5) is -0.208. The highest BCUT2D eigenvalue weighted by Gasteiger charge is 2.33. The second-order valence-electron chi connectivity index (χ2n) is 6.27. The molecule has 7 heteroatoms. The maximum atomic E-state index is 13.3. The van der Waals surface area contributed by atoms with E-state index in [4.69, 9.17) is 11.6 Å². The fourth-order valence-electron chi connectivity index (χ4n) is 3.27. The number of fused-ring (bicyclic) bond motifs is 1. The highest BCUT2D eigenvalue weighted by Crippen LogP contribution is 2.40. The molecule has 27 heavy (non-hydrogen) atoms. The highest BCUT2D eigenvalue weighted by atomic mass is 79.9. The van der Waals surface area contributed by atoms with Crippen molar-refractivity contribution >= 4 is 43.2 Å². The van der Waals surface area contributed by atoms with E-state index in [1.165, 1.54) is 16.4 Å². The molecule has 0 bridgehead atoms. The summed E-state index contributed by atoms with van der Waals surface area (Å²) in [5.41, 5.74) is 3.54. The van der Waals surface area contributed by atoms with Crippen LogP contribution in [0, 0.1) is 0 Å². The van der Waals surface area contributed by atoms with Crippen molar-refractivity contribution in [2.75, 3.05) is 10.8 Å². The van der Waals surface area contributed by atoms with Crippen LogP contribution in [-0.2, 0) is 16.4 Å². The molecule has 1 aliphatic rings. The molecule has 0 aliphatic carbocycles. The third kappa shape index (κ3) is 3.22. The smallest absolute Gasteiger partial charge is 0.268 e. The molecule has 1 heterocycles. The predicted octanol–water partition coefficient (Wildman–Crippen LogP) is 5.23. The summed E-state index contributed by atoms with van der Waals surface area (Å²) in [6, 6.07) is 18.5. The molecule has 138 valence electrons. The summed E-state index contributed by atoms with van der Waals surface area (Å²) in [5, 5.41) is 10.2. The maximum Gasteiger partial charge on any atom is 0.268 e. The lowest BCUT2D eigenvalue weighted by atomic mass is 10.0. The van der Waals surface area contributed by atoms with Gasteiger partial charge in [0.2, 0.25) is 0 Å². The number of hydrogen-bond donors (Lipinski definition) is 1. The van der Waals surface area contributed by atoms with Crippen molar-refractivity contribution in [3.8, 4) is 16.9 Å². The molecule has 0 unspecified atom stereocenters. The van der Waals surface area contributed by atoms with Crippen molar-refractivity contribution in [1.29, 1.82) is 0 Å². The molecular weight excluding hydrogens is 450 g/mol. The van der Waals surface area contributed by atoms with Gasteiger partial charge >= 0.3 is 0 Å². The van der Waals surface area contributed by atoms with E-state index in [-0.39, 0.29) is 9.92 Å². The summed E-state index contributed by atoms with van der Waals surface area (Å²) in [7, 11) is -3.96. The zero-order valence-corrected chi connectivity index (χ0v) is 17.2. The van der Waals surface area contributed by atoms with Crippen LogP contribution in [0.3, 0.4) is 0 Å². The van der Waals surface area contributed by atoms with E-state index in [2.05, 4.69) is 15.9 Å². The van der Waals surface area contributed by atoms with Crippen LogP contribution >= 0.6 is 27.5 Å². The van der Waals surface area contributed by atoms with E-state index < -0.39 is 15.8 Å². The van der Waals surface area contributed by atoms with E-state index in [1.54, 1.807) is 0 Å². The molecule has 4 nitrogen and oxygen atoms in total. The van der Waals surface area contributed by atoms with Gasteiger partial charge in [0.25, 0.3) is 10.0 Å². The van der Waals surface area contributed by atoms with Gasteiger partial charge in [-0.15, -0.1) is 0 Å². The Balaban J connectivity index is 1.82. The van der Waals surface area contributed by atoms with E-state index in [1.807, 2.05) is 48.5 Å². The molecule has 0 saturated carbocycles. The van der Waals surface area contributed by atoms with Gasteiger partial charge in [0.15, 0.2) is 5.75 Å². The van der Waals surface area contributed by atoms with Gasteiger partial charge in [-0.25, -0.2) is 8.42 Å². The SMILES string of the molecule is O=S(=O)(c1cc(Br)cc(Cl)c1O)N1CCc2ccc(-c3ccccc3)cc21. The Labute approximate surface area is 171 Å². The number of hydrogen-bond acceptors (Lipinski definition) is 3. The van der Waals surface area contributed by atoms with Crippen LogP contribution < -0.4 is 4.31 Å². The standard InChI is InChI=1S/C20H15BrClNO3S/c21-16-11-17(22)20(24)19(12-16)27(25,26)23-9-8-14-6-7-15(10-18(14)23)13-4-2-1-3-5-13/h1-7,10-12,24H,8-9H2. The zero-order valence-electron chi connectivity index (χ0n) is 14.1. The quantitative estimate of drug-likeness (QED) is 0.578. The summed E-state index contributed by atoms with van der Waals surface area (Å²) in [6.45, 7) is 0.319. The van der Waals surface area contributed by atoms with Crippen molar-refractivity contribution in [3.05, 3.63) is 75.7 Å². The third-order valence-corrected chi connectivity index (χ3v) is 7.18. The van der Waals surface area contributed by atoms with Crippen LogP contribution in [0.2, 0.25) is 5.02 Å². The van der Waals surface area contributed by atoms with Gasteiger partial charge in [-0.2, -0.15) is 0 Å². The average molecular weight is 465 g/mol. The van der Waals surface area contributed by atoms with Crippen LogP contribution in [0.1, 0.15) is 5.56 Å². The topological polar surface area (TPSA) is 57.6 Å². The molecule has 3 aromatic carbocycles. The molecule has 0 saturated heterocycles. The summed E-state index contributed by atoms with van der Waals surface area (Å²) in [5.74, 6) is -0.437. The number of benzene rings is 3. The first kappa shape index (κ1) is 18.3. The van der Waals surface area contributed by atoms with E-state index in [0.717, 1.165) is 16.7 Å². The van der Waals surface area contributed by atoms with Crippen molar-refractivity contribution < 1.29 is 13.5 Å². The molecular formula is C20H15BrClNO3S. The Morgan fingerprint density at radius 3 is 2.48 bits per heavy atom. The van der Waals surface area contributed by atoms with Crippen LogP contribution in [-0.4, -0.2) is 20.1 Å². The van der Waals surface area contributed by atoms with E-state index >= 15 is 0 Å². The number of phenolic OH excluding ortho intramolecular Hbond substituents is 1. The fraction of sp³-hybridized carbons (Fsp3) is 0.100. The van der Waals surface area contributed by atoms with Crippen LogP contribution in [0.5, 0.6) is 5.75 Å². The van der Waals surface area contributed by atoms with Crippen molar-refractivity contribution in [2.24, 2.45) is 0 Å². The average Bonchev–Trinajstić information content (AvgIpc) is 3.09. The summed E-state index contributed by atoms with van der Waals surface area (Å²) >= 11 is 9.22. The number of aromatic hydroxyl groups is 1. The Morgan fingerprint density at radius 1 is 1.00 bits per heavy atom. The first-order valence-electron chi connectivity index (χ1n) is 8.27. The maximum absolute atomic E-state index is 13.3. The van der Waals surface area contributed by atoms with Crippen molar-refractivity contribution in [1.82, 2.24) is 0 Å². The molecule has 0 spiro atoms. The third-order valence-electron chi connectivity index (χ3n) is 4.61. The normalized spacial score (nSPS) is 13.6. The van der Waals surface area contributed by atoms with Gasteiger partial charge in [-0.1, -0.05) is 70.0 Å². The lowest BCUT2D eigenvalue weighted by Gasteiger charge is -2.21. The number of anilines is 1. The van der Waals surface area contributed by atoms with Crippen LogP contribution in [0.15, 0.2) is 70.0 Å². The monoisotopic (exact) mass is 463 g/mol. The van der Waals surface area contributed by atoms with Gasteiger partial charge in [0, 0.05) is 11.0 Å². The van der Waals surface area contributed by atoms with E-state index in [9.17, 15) is 13.5 Å². The van der Waals surface area contributed by atoms with Crippen molar-refractivity contribution in [2.45, 2.75) is 11.3 Å². The molecule has 1 aliphatic heterocycles. The first-order chi connectivity index (χ1) is 12.9. The van der Waals surface area contributed by atoms with Gasteiger partial charge in [0.05, 0.1) is 10.7 Å². The number of rotatable bonds is 3. The van der Waals surface area contributed by atoms with Gasteiger partial charge < -0.3 is 5.11 Å². The molecule has 1 N–H and O–H groups in total. The fourth-order valence-corrected chi connectivity index (χ4v) is 5.91. The minimum Gasteiger partial charge on any atom is -0.505 e. The molecule has 0 fully saturated rings. The van der Waals surface area contributed by atoms with Gasteiger partial charge in [-0.05, 0) is 41.3 Å². The predicted molar refractivity (Wildman–Crippen MR) is 111 cm³/mol. The molecule has 0 aromatic heterocycles. The Morgan fingerprint density at radius 2 is 1.74 bits per heavy atom. The first-order valence-corrected chi connectivity index (χ1v) is 10.9. The Hall–Kier alpha value is -2.02. The second kappa shape index (κ2) is 6.86. The van der Waals surface area contributed by atoms with E-state index in [0.29, 0.717) is 23.1 Å². The lowest BCUT2D eigenvalue weighted by molar-refractivity contribution is 0.458. The minimum absolute atomic E-state index is 0.0135. The number of nitrogens with zero attached hydrogens (tertiary/aromatic N) is 1. The van der Waals surface area contributed by atoms with Crippen LogP contribution in [0.25, 0.3) is 11.1 Å². The summed E-state index contributed by atoms with van der Waals surface area (Å²) < 4.78 is 28.3. The van der Waals surface area contributed by atoms with Crippen molar-refractivity contribution in [3.63, 3.8) is 0 Å². The zero-order chi connectivity index (χ0) is 19.2. The molecule has 3 aromatic rings. The Kier molecular flexibility index (Phi) is 4.66. The second-order valence-corrected chi connectivity index (χ2v) is 9.42. The largest absolute Gasteiger partial charge is 0.505 e.